The van der Waals surface area contributed by atoms with Crippen LogP contribution in [0.2, 0.25) is 0 Å². The average molecular weight is 228 g/mol. The van der Waals surface area contributed by atoms with Gasteiger partial charge < -0.3 is 5.32 Å². The molecular weight excluding hydrogens is 204 g/mol. The highest BCUT2D eigenvalue weighted by Crippen LogP contribution is 2.39. The summed E-state index contributed by atoms with van der Waals surface area (Å²) in [6.07, 6.45) is 5.80. The van der Waals surface area contributed by atoms with Gasteiger partial charge in [-0.2, -0.15) is 0 Å². The molecule has 0 aromatic carbocycles. The monoisotopic (exact) mass is 228 g/mol. The Balaban J connectivity index is 1.86. The zero-order valence-corrected chi connectivity index (χ0v) is 10.9. The summed E-state index contributed by atoms with van der Waals surface area (Å²) in [4.78, 5) is 2.99. The molecule has 0 radical (unpaired) electrons. The van der Waals surface area contributed by atoms with E-state index in [4.69, 9.17) is 0 Å². The molecule has 0 spiro atoms. The molecule has 88 valence electrons. The Morgan fingerprint density at radius 1 is 1.13 bits per heavy atom. The normalized spacial score (nSPS) is 26.0. The van der Waals surface area contributed by atoms with Crippen LogP contribution in [0.5, 0.6) is 0 Å². The molecule has 0 amide bonds. The highest BCUT2D eigenvalue weighted by molar-refractivity contribution is 8.01. The van der Waals surface area contributed by atoms with E-state index in [9.17, 15) is 0 Å². The van der Waals surface area contributed by atoms with Crippen molar-refractivity contribution in [1.29, 1.82) is 0 Å². The van der Waals surface area contributed by atoms with Gasteiger partial charge in [-0.05, 0) is 26.7 Å². The largest absolute Gasteiger partial charge is 0.314 e. The lowest BCUT2D eigenvalue weighted by Gasteiger charge is -2.42. The lowest BCUT2D eigenvalue weighted by atomic mass is 10.2. The first-order valence-electron chi connectivity index (χ1n) is 6.32. The Labute approximate surface area is 98.2 Å². The van der Waals surface area contributed by atoms with Gasteiger partial charge in [0, 0.05) is 31.4 Å². The van der Waals surface area contributed by atoms with E-state index in [0.717, 1.165) is 18.3 Å². The minimum Gasteiger partial charge on any atom is -0.314 e. The lowest BCUT2D eigenvalue weighted by molar-refractivity contribution is 0.172. The molecule has 2 nitrogen and oxygen atoms in total. The molecule has 0 bridgehead atoms. The first-order valence-corrected chi connectivity index (χ1v) is 7.20. The summed E-state index contributed by atoms with van der Waals surface area (Å²) in [5, 5.41) is 4.36. The Hall–Kier alpha value is 0.270. The quantitative estimate of drug-likeness (QED) is 0.798. The van der Waals surface area contributed by atoms with Crippen LogP contribution < -0.4 is 5.32 Å². The minimum absolute atomic E-state index is 0.344. The van der Waals surface area contributed by atoms with Crippen LogP contribution in [-0.4, -0.2) is 41.2 Å². The molecule has 0 unspecified atom stereocenters. The van der Waals surface area contributed by atoms with Gasteiger partial charge >= 0.3 is 0 Å². The Morgan fingerprint density at radius 2 is 1.73 bits per heavy atom. The van der Waals surface area contributed by atoms with Gasteiger partial charge in [-0.15, -0.1) is 11.8 Å². The molecule has 2 fully saturated rings. The molecule has 0 atom stereocenters. The predicted molar refractivity (Wildman–Crippen MR) is 68.4 cm³/mol. The zero-order valence-electron chi connectivity index (χ0n) is 10.1. The second-order valence-corrected chi connectivity index (χ2v) is 7.11. The molecule has 2 rings (SSSR count). The summed E-state index contributed by atoms with van der Waals surface area (Å²) >= 11 is 2.21. The van der Waals surface area contributed by atoms with Crippen molar-refractivity contribution in [3.05, 3.63) is 0 Å². The fourth-order valence-corrected chi connectivity index (χ4v) is 4.41. The summed E-state index contributed by atoms with van der Waals surface area (Å²) < 4.78 is 0. The SMILES string of the molecule is CC(C)(SC1CCCC1)N1CCNCC1. The minimum atomic E-state index is 0.344. The molecule has 1 aliphatic heterocycles. The maximum absolute atomic E-state index is 3.43. The van der Waals surface area contributed by atoms with E-state index in [1.165, 1.54) is 38.8 Å². The molecule has 1 saturated carbocycles. The molecule has 1 saturated heterocycles. The van der Waals surface area contributed by atoms with Crippen molar-refractivity contribution in [1.82, 2.24) is 10.2 Å². The van der Waals surface area contributed by atoms with Crippen molar-refractivity contribution in [3.8, 4) is 0 Å². The number of nitrogens with one attached hydrogen (secondary N) is 1. The van der Waals surface area contributed by atoms with Gasteiger partial charge in [-0.3, -0.25) is 4.90 Å². The molecule has 1 heterocycles. The summed E-state index contributed by atoms with van der Waals surface area (Å²) in [6, 6.07) is 0. The molecular formula is C12H24N2S. The molecule has 1 N–H and O–H groups in total. The molecule has 1 aliphatic carbocycles. The smallest absolute Gasteiger partial charge is 0.0616 e. The number of thioether (sulfide) groups is 1. The van der Waals surface area contributed by atoms with Gasteiger partial charge in [0.25, 0.3) is 0 Å². The maximum atomic E-state index is 3.43. The Morgan fingerprint density at radius 3 is 2.33 bits per heavy atom. The van der Waals surface area contributed by atoms with E-state index in [-0.39, 0.29) is 0 Å². The maximum Gasteiger partial charge on any atom is 0.0616 e. The van der Waals surface area contributed by atoms with Gasteiger partial charge in [0.15, 0.2) is 0 Å². The molecule has 0 aromatic heterocycles. The van der Waals surface area contributed by atoms with Crippen LogP contribution in [0, 0.1) is 0 Å². The van der Waals surface area contributed by atoms with Crippen LogP contribution in [-0.2, 0) is 0 Å². The summed E-state index contributed by atoms with van der Waals surface area (Å²) in [7, 11) is 0. The lowest BCUT2D eigenvalue weighted by Crippen LogP contribution is -2.52. The van der Waals surface area contributed by atoms with Crippen LogP contribution in [0.3, 0.4) is 0 Å². The predicted octanol–water partition coefficient (Wildman–Crippen LogP) is 2.30. The number of piperazine rings is 1. The third kappa shape index (κ3) is 3.11. The fraction of sp³-hybridized carbons (Fsp3) is 1.00. The Bertz CT molecular complexity index is 194. The molecule has 2 aliphatic rings. The van der Waals surface area contributed by atoms with Crippen molar-refractivity contribution >= 4 is 11.8 Å². The topological polar surface area (TPSA) is 15.3 Å². The van der Waals surface area contributed by atoms with Crippen LogP contribution >= 0.6 is 11.8 Å². The van der Waals surface area contributed by atoms with Gasteiger partial charge in [0.2, 0.25) is 0 Å². The standard InChI is InChI=1S/C12H24N2S/c1-12(2,14-9-7-13-8-10-14)15-11-5-3-4-6-11/h11,13H,3-10H2,1-2H3. The summed E-state index contributed by atoms with van der Waals surface area (Å²) in [5.74, 6) is 0. The first-order chi connectivity index (χ1) is 7.18. The van der Waals surface area contributed by atoms with E-state index in [1.54, 1.807) is 0 Å². The van der Waals surface area contributed by atoms with E-state index >= 15 is 0 Å². The van der Waals surface area contributed by atoms with Gasteiger partial charge in [0.1, 0.15) is 0 Å². The number of rotatable bonds is 3. The molecule has 0 aromatic rings. The van der Waals surface area contributed by atoms with Crippen molar-refractivity contribution < 1.29 is 0 Å². The average Bonchev–Trinajstić information content (AvgIpc) is 2.71. The van der Waals surface area contributed by atoms with Crippen LogP contribution in [0.1, 0.15) is 39.5 Å². The first kappa shape index (κ1) is 11.7. The van der Waals surface area contributed by atoms with E-state index in [2.05, 4.69) is 35.8 Å². The second-order valence-electron chi connectivity index (χ2n) is 5.21. The van der Waals surface area contributed by atoms with Crippen molar-refractivity contribution in [2.75, 3.05) is 26.2 Å². The van der Waals surface area contributed by atoms with Crippen molar-refractivity contribution in [3.63, 3.8) is 0 Å². The van der Waals surface area contributed by atoms with Crippen molar-refractivity contribution in [2.24, 2.45) is 0 Å². The number of hydrogen-bond donors (Lipinski definition) is 1. The molecule has 15 heavy (non-hydrogen) atoms. The highest BCUT2D eigenvalue weighted by Gasteiger charge is 2.32. The van der Waals surface area contributed by atoms with Crippen LogP contribution in [0.15, 0.2) is 0 Å². The van der Waals surface area contributed by atoms with Gasteiger partial charge in [-0.25, -0.2) is 0 Å². The zero-order chi connectivity index (χ0) is 10.7. The van der Waals surface area contributed by atoms with Crippen LogP contribution in [0.25, 0.3) is 0 Å². The third-order valence-electron chi connectivity index (χ3n) is 3.64. The fourth-order valence-electron chi connectivity index (χ4n) is 2.69. The van der Waals surface area contributed by atoms with Gasteiger partial charge in [-0.1, -0.05) is 12.8 Å². The number of hydrogen-bond acceptors (Lipinski definition) is 3. The second kappa shape index (κ2) is 5.07. The van der Waals surface area contributed by atoms with E-state index < -0.39 is 0 Å². The van der Waals surface area contributed by atoms with Crippen molar-refractivity contribution in [2.45, 2.75) is 49.7 Å². The third-order valence-corrected chi connectivity index (χ3v) is 5.28. The van der Waals surface area contributed by atoms with E-state index in [0.29, 0.717) is 4.87 Å². The van der Waals surface area contributed by atoms with Crippen LogP contribution in [0.4, 0.5) is 0 Å². The summed E-state index contributed by atoms with van der Waals surface area (Å²) in [5.41, 5.74) is 0. The highest BCUT2D eigenvalue weighted by atomic mass is 32.2. The van der Waals surface area contributed by atoms with Gasteiger partial charge in [0.05, 0.1) is 4.87 Å². The number of nitrogens with zero attached hydrogens (tertiary/aromatic N) is 1. The van der Waals surface area contributed by atoms with E-state index in [1.807, 2.05) is 0 Å². The Kier molecular flexibility index (Phi) is 3.97. The summed E-state index contributed by atoms with van der Waals surface area (Å²) in [6.45, 7) is 9.56. The molecule has 3 heteroatoms.